The predicted molar refractivity (Wildman–Crippen MR) is 84.5 cm³/mol. The van der Waals surface area contributed by atoms with E-state index in [0.29, 0.717) is 0 Å². The minimum atomic E-state index is 0.721. The van der Waals surface area contributed by atoms with Crippen molar-refractivity contribution < 1.29 is 4.74 Å². The van der Waals surface area contributed by atoms with Crippen LogP contribution in [0.3, 0.4) is 0 Å². The zero-order chi connectivity index (χ0) is 14.1. The molecule has 0 unspecified atom stereocenters. The molecule has 0 saturated carbocycles. The summed E-state index contributed by atoms with van der Waals surface area (Å²) in [6, 6.07) is 6.30. The van der Waals surface area contributed by atoms with Crippen LogP contribution in [0.1, 0.15) is 0 Å². The first kappa shape index (κ1) is 12.6. The van der Waals surface area contributed by atoms with E-state index in [-0.39, 0.29) is 0 Å². The van der Waals surface area contributed by atoms with E-state index in [9.17, 15) is 0 Å². The Hall–Kier alpha value is -2.12. The Labute approximate surface area is 125 Å². The molecule has 0 atom stereocenters. The van der Waals surface area contributed by atoms with Gasteiger partial charge in [-0.25, -0.2) is 9.97 Å². The lowest BCUT2D eigenvalue weighted by Crippen LogP contribution is -2.36. The van der Waals surface area contributed by atoms with Crippen LogP contribution in [0.15, 0.2) is 29.8 Å². The number of morpholine rings is 1. The zero-order valence-electron chi connectivity index (χ0n) is 11.4. The Morgan fingerprint density at radius 1 is 1.29 bits per heavy atom. The van der Waals surface area contributed by atoms with Gasteiger partial charge in [0.1, 0.15) is 0 Å². The third-order valence-corrected chi connectivity index (χ3v) is 4.19. The first-order valence-electron chi connectivity index (χ1n) is 6.87. The highest BCUT2D eigenvalue weighted by Crippen LogP contribution is 2.24. The average molecular weight is 301 g/mol. The topological polar surface area (TPSA) is 66.1 Å². The molecule has 21 heavy (non-hydrogen) atoms. The van der Waals surface area contributed by atoms with Gasteiger partial charge in [0.25, 0.3) is 0 Å². The molecule has 2 aromatic heterocycles. The second-order valence-electron chi connectivity index (χ2n) is 4.85. The van der Waals surface area contributed by atoms with Crippen LogP contribution in [0.5, 0.6) is 0 Å². The molecule has 0 aliphatic carbocycles. The van der Waals surface area contributed by atoms with E-state index >= 15 is 0 Å². The second-order valence-corrected chi connectivity index (χ2v) is 5.74. The number of rotatable bonds is 3. The number of anilines is 3. The molecule has 0 bridgehead atoms. The van der Waals surface area contributed by atoms with Crippen LogP contribution in [0.25, 0.3) is 11.0 Å². The van der Waals surface area contributed by atoms with Crippen molar-refractivity contribution in [1.29, 1.82) is 0 Å². The van der Waals surface area contributed by atoms with E-state index in [4.69, 9.17) is 4.74 Å². The number of fused-ring (bicyclic) bond motifs is 1. The summed E-state index contributed by atoms with van der Waals surface area (Å²) < 4.78 is 5.39. The molecule has 0 radical (unpaired) electrons. The SMILES string of the molecule is c1csc(Nc2nc3ccc(N4CCOCC4)cc3[nH]2)n1. The number of benzene rings is 1. The molecule has 3 heterocycles. The van der Waals surface area contributed by atoms with E-state index in [2.05, 4.69) is 37.3 Å². The Morgan fingerprint density at radius 3 is 3.00 bits per heavy atom. The fraction of sp³-hybridized carbons (Fsp3) is 0.286. The Bertz CT molecular complexity index is 733. The third kappa shape index (κ3) is 2.57. The quantitative estimate of drug-likeness (QED) is 0.778. The van der Waals surface area contributed by atoms with Gasteiger partial charge >= 0.3 is 0 Å². The van der Waals surface area contributed by atoms with Gasteiger partial charge in [-0.05, 0) is 18.2 Å². The molecule has 1 aliphatic heterocycles. The molecule has 1 saturated heterocycles. The van der Waals surface area contributed by atoms with Gasteiger partial charge in [-0.3, -0.25) is 0 Å². The van der Waals surface area contributed by atoms with Gasteiger partial charge in [-0.15, -0.1) is 11.3 Å². The van der Waals surface area contributed by atoms with Crippen LogP contribution in [0.4, 0.5) is 16.8 Å². The van der Waals surface area contributed by atoms with E-state index in [0.717, 1.165) is 48.4 Å². The number of H-pyrrole nitrogens is 1. The number of aromatic nitrogens is 3. The minimum Gasteiger partial charge on any atom is -0.378 e. The molecule has 7 heteroatoms. The number of aromatic amines is 1. The molecule has 108 valence electrons. The van der Waals surface area contributed by atoms with E-state index in [1.165, 1.54) is 5.69 Å². The first-order chi connectivity index (χ1) is 10.4. The van der Waals surface area contributed by atoms with Gasteiger partial charge < -0.3 is 19.9 Å². The molecule has 1 aliphatic rings. The fourth-order valence-electron chi connectivity index (χ4n) is 2.46. The van der Waals surface area contributed by atoms with E-state index < -0.39 is 0 Å². The number of nitrogens with one attached hydrogen (secondary N) is 2. The summed E-state index contributed by atoms with van der Waals surface area (Å²) in [6.45, 7) is 3.45. The minimum absolute atomic E-state index is 0.721. The van der Waals surface area contributed by atoms with Crippen LogP contribution in [-0.4, -0.2) is 41.3 Å². The molecule has 2 N–H and O–H groups in total. The van der Waals surface area contributed by atoms with Crippen molar-refractivity contribution in [3.8, 4) is 0 Å². The highest BCUT2D eigenvalue weighted by atomic mass is 32.1. The monoisotopic (exact) mass is 301 g/mol. The molecule has 6 nitrogen and oxygen atoms in total. The maximum absolute atomic E-state index is 5.39. The molecule has 0 amide bonds. The lowest BCUT2D eigenvalue weighted by atomic mass is 10.2. The summed E-state index contributed by atoms with van der Waals surface area (Å²) in [4.78, 5) is 14.4. The average Bonchev–Trinajstić information content (AvgIpc) is 3.16. The number of nitrogens with zero attached hydrogens (tertiary/aromatic N) is 3. The molecule has 3 aromatic rings. The third-order valence-electron chi connectivity index (χ3n) is 3.50. The van der Waals surface area contributed by atoms with Crippen LogP contribution in [-0.2, 0) is 4.74 Å². The molecule has 1 fully saturated rings. The molecule has 0 spiro atoms. The smallest absolute Gasteiger partial charge is 0.207 e. The van der Waals surface area contributed by atoms with Crippen LogP contribution < -0.4 is 10.2 Å². The van der Waals surface area contributed by atoms with Crippen molar-refractivity contribution >= 4 is 39.1 Å². The van der Waals surface area contributed by atoms with Crippen molar-refractivity contribution in [3.05, 3.63) is 29.8 Å². The Kier molecular flexibility index (Phi) is 3.21. The standard InChI is InChI=1S/C14H15N5OS/c1-2-11-12(9-10(1)19-4-6-20-7-5-19)17-13(16-11)18-14-15-3-8-21-14/h1-3,8-9H,4-7H2,(H2,15,16,17,18). The van der Waals surface area contributed by atoms with E-state index in [1.54, 1.807) is 17.5 Å². The summed E-state index contributed by atoms with van der Waals surface area (Å²) in [6.07, 6.45) is 1.77. The Morgan fingerprint density at radius 2 is 2.19 bits per heavy atom. The van der Waals surface area contributed by atoms with Gasteiger partial charge in [0.05, 0.1) is 24.2 Å². The largest absolute Gasteiger partial charge is 0.378 e. The van der Waals surface area contributed by atoms with Gasteiger partial charge in [-0.2, -0.15) is 0 Å². The maximum atomic E-state index is 5.39. The summed E-state index contributed by atoms with van der Waals surface area (Å²) >= 11 is 1.55. The predicted octanol–water partition coefficient (Wildman–Crippen LogP) is 2.60. The molecular weight excluding hydrogens is 286 g/mol. The maximum Gasteiger partial charge on any atom is 0.207 e. The van der Waals surface area contributed by atoms with Crippen LogP contribution in [0.2, 0.25) is 0 Å². The summed E-state index contributed by atoms with van der Waals surface area (Å²) in [5.41, 5.74) is 3.18. The van der Waals surface area contributed by atoms with Gasteiger partial charge in [0.2, 0.25) is 5.95 Å². The Balaban J connectivity index is 1.61. The fourth-order valence-corrected chi connectivity index (χ4v) is 2.99. The molecular formula is C14H15N5OS. The van der Waals surface area contributed by atoms with Crippen molar-refractivity contribution in [2.45, 2.75) is 0 Å². The molecule has 4 rings (SSSR count). The lowest BCUT2D eigenvalue weighted by Gasteiger charge is -2.28. The highest BCUT2D eigenvalue weighted by molar-refractivity contribution is 7.13. The second kappa shape index (κ2) is 5.34. The summed E-state index contributed by atoms with van der Waals surface area (Å²) in [5.74, 6) is 0.721. The van der Waals surface area contributed by atoms with Crippen LogP contribution >= 0.6 is 11.3 Å². The normalized spacial score (nSPS) is 15.5. The summed E-state index contributed by atoms with van der Waals surface area (Å²) in [5, 5.41) is 5.95. The van der Waals surface area contributed by atoms with Crippen molar-refractivity contribution in [2.24, 2.45) is 0 Å². The molecule has 1 aromatic carbocycles. The van der Waals surface area contributed by atoms with Crippen molar-refractivity contribution in [2.75, 3.05) is 36.5 Å². The van der Waals surface area contributed by atoms with Crippen LogP contribution in [0, 0.1) is 0 Å². The zero-order valence-corrected chi connectivity index (χ0v) is 12.2. The van der Waals surface area contributed by atoms with E-state index in [1.807, 2.05) is 11.4 Å². The lowest BCUT2D eigenvalue weighted by molar-refractivity contribution is 0.122. The number of imidazole rings is 1. The number of thiazole rings is 1. The number of hydrogen-bond acceptors (Lipinski definition) is 6. The van der Waals surface area contributed by atoms with Crippen molar-refractivity contribution in [1.82, 2.24) is 15.0 Å². The number of ether oxygens (including phenoxy) is 1. The van der Waals surface area contributed by atoms with Gasteiger partial charge in [-0.1, -0.05) is 0 Å². The first-order valence-corrected chi connectivity index (χ1v) is 7.75. The summed E-state index contributed by atoms with van der Waals surface area (Å²) in [7, 11) is 0. The van der Waals surface area contributed by atoms with Gasteiger partial charge in [0, 0.05) is 30.4 Å². The van der Waals surface area contributed by atoms with Gasteiger partial charge in [0.15, 0.2) is 5.13 Å². The highest BCUT2D eigenvalue weighted by Gasteiger charge is 2.12. The van der Waals surface area contributed by atoms with Crippen molar-refractivity contribution in [3.63, 3.8) is 0 Å². The number of hydrogen-bond donors (Lipinski definition) is 2.